The summed E-state index contributed by atoms with van der Waals surface area (Å²) < 4.78 is 0. The Hall–Kier alpha value is -0.120. The highest BCUT2D eigenvalue weighted by molar-refractivity contribution is 5.10. The molecule has 32 heavy (non-hydrogen) atoms. The van der Waals surface area contributed by atoms with Gasteiger partial charge in [-0.1, -0.05) is 20.8 Å². The third kappa shape index (κ3) is 4.44. The molecule has 0 aromatic rings. The second kappa shape index (κ2) is 8.83. The first-order valence-electron chi connectivity index (χ1n) is 14.0. The molecule has 4 saturated carbocycles. The molecule has 0 bridgehead atoms. The van der Waals surface area contributed by atoms with Gasteiger partial charge >= 0.3 is 0 Å². The van der Waals surface area contributed by atoms with Crippen LogP contribution in [-0.2, 0) is 0 Å². The van der Waals surface area contributed by atoms with Crippen molar-refractivity contribution in [3.63, 3.8) is 0 Å². The van der Waals surface area contributed by atoms with Crippen LogP contribution in [0.1, 0.15) is 118 Å². The summed E-state index contributed by atoms with van der Waals surface area (Å²) in [7, 11) is 0. The third-order valence-electron chi connectivity index (χ3n) is 11.7. The van der Waals surface area contributed by atoms with Crippen molar-refractivity contribution in [2.45, 2.75) is 129 Å². The van der Waals surface area contributed by atoms with Gasteiger partial charge in [-0.2, -0.15) is 0 Å². The summed E-state index contributed by atoms with van der Waals surface area (Å²) in [5.41, 5.74) is -0.155. The first-order chi connectivity index (χ1) is 14.9. The van der Waals surface area contributed by atoms with Gasteiger partial charge in [0.1, 0.15) is 0 Å². The van der Waals surface area contributed by atoms with E-state index in [1.165, 1.54) is 44.9 Å². The standard InChI is InChI=1S/C29H52O3/c1-20(11-14-26(2,31)13-6-18-30)23-9-10-24-22-8-7-21-19-27(3,32)16-17-28(21,4)25(22)12-15-29(23,24)5/h20-25,30-32H,6-19H2,1-5H3/t20-,21+,22+,23-,24+,25+,26-,27+,28+,29-/m1/s1. The maximum Gasteiger partial charge on any atom is 0.0622 e. The Morgan fingerprint density at radius 2 is 1.62 bits per heavy atom. The maximum absolute atomic E-state index is 10.7. The van der Waals surface area contributed by atoms with E-state index in [0.29, 0.717) is 35.5 Å². The average Bonchev–Trinajstić information content (AvgIpc) is 3.08. The smallest absolute Gasteiger partial charge is 0.0622 e. The van der Waals surface area contributed by atoms with E-state index in [0.717, 1.165) is 49.4 Å². The number of fused-ring (bicyclic) bond motifs is 5. The van der Waals surface area contributed by atoms with Crippen LogP contribution in [0.2, 0.25) is 0 Å². The Labute approximate surface area is 197 Å². The van der Waals surface area contributed by atoms with Crippen molar-refractivity contribution < 1.29 is 15.3 Å². The molecule has 0 amide bonds. The van der Waals surface area contributed by atoms with E-state index in [-0.39, 0.29) is 6.61 Å². The molecule has 0 aromatic heterocycles. The Morgan fingerprint density at radius 3 is 2.34 bits per heavy atom. The van der Waals surface area contributed by atoms with Gasteiger partial charge in [-0.3, -0.25) is 0 Å². The van der Waals surface area contributed by atoms with Crippen LogP contribution < -0.4 is 0 Å². The van der Waals surface area contributed by atoms with Crippen molar-refractivity contribution in [1.82, 2.24) is 0 Å². The fraction of sp³-hybridized carbons (Fsp3) is 1.00. The lowest BCUT2D eigenvalue weighted by Crippen LogP contribution is -2.55. The molecule has 0 radical (unpaired) electrons. The molecule has 0 saturated heterocycles. The van der Waals surface area contributed by atoms with Gasteiger partial charge in [-0.15, -0.1) is 0 Å². The lowest BCUT2D eigenvalue weighted by atomic mass is 9.43. The second-order valence-electron chi connectivity index (χ2n) is 13.9. The van der Waals surface area contributed by atoms with Crippen LogP contribution >= 0.6 is 0 Å². The monoisotopic (exact) mass is 448 g/mol. The molecule has 0 aromatic carbocycles. The molecule has 0 heterocycles. The lowest BCUT2D eigenvalue weighted by molar-refractivity contribution is -0.148. The topological polar surface area (TPSA) is 60.7 Å². The Kier molecular flexibility index (Phi) is 6.89. The molecule has 0 aliphatic heterocycles. The molecule has 4 aliphatic carbocycles. The van der Waals surface area contributed by atoms with Crippen molar-refractivity contribution in [2.24, 2.45) is 46.3 Å². The van der Waals surface area contributed by atoms with Crippen molar-refractivity contribution in [2.75, 3.05) is 6.61 Å². The van der Waals surface area contributed by atoms with E-state index in [9.17, 15) is 10.2 Å². The highest BCUT2D eigenvalue weighted by atomic mass is 16.3. The minimum atomic E-state index is -0.636. The quantitative estimate of drug-likeness (QED) is 0.426. The first-order valence-corrected chi connectivity index (χ1v) is 14.0. The number of aliphatic hydroxyl groups excluding tert-OH is 1. The van der Waals surface area contributed by atoms with E-state index in [1.54, 1.807) is 0 Å². The zero-order valence-electron chi connectivity index (χ0n) is 21.7. The van der Waals surface area contributed by atoms with Crippen LogP contribution in [0.25, 0.3) is 0 Å². The number of hydrogen-bond acceptors (Lipinski definition) is 3. The van der Waals surface area contributed by atoms with Gasteiger partial charge in [0.2, 0.25) is 0 Å². The van der Waals surface area contributed by atoms with Crippen molar-refractivity contribution >= 4 is 0 Å². The van der Waals surface area contributed by atoms with Gasteiger partial charge in [0.05, 0.1) is 11.2 Å². The molecule has 3 nitrogen and oxygen atoms in total. The van der Waals surface area contributed by atoms with E-state index < -0.39 is 11.2 Å². The van der Waals surface area contributed by atoms with Gasteiger partial charge in [-0.25, -0.2) is 0 Å². The zero-order chi connectivity index (χ0) is 23.4. The molecule has 186 valence electrons. The third-order valence-corrected chi connectivity index (χ3v) is 11.7. The summed E-state index contributed by atoms with van der Waals surface area (Å²) in [6, 6.07) is 0. The van der Waals surface area contributed by atoms with Crippen LogP contribution in [0.15, 0.2) is 0 Å². The number of rotatable bonds is 7. The fourth-order valence-corrected chi connectivity index (χ4v) is 9.73. The predicted molar refractivity (Wildman–Crippen MR) is 131 cm³/mol. The number of hydrogen-bond donors (Lipinski definition) is 3. The molecule has 3 heteroatoms. The van der Waals surface area contributed by atoms with Gasteiger partial charge in [0.25, 0.3) is 0 Å². The molecule has 4 rings (SSSR count). The SMILES string of the molecule is C[C@H](CC[C@](C)(O)CCCO)[C@H]1CC[C@H]2[C@@H]3CC[C@H]4C[C@@](C)(O)CC[C@]4(C)[C@H]3CC[C@]12C. The highest BCUT2D eigenvalue weighted by Crippen LogP contribution is 2.68. The minimum Gasteiger partial charge on any atom is -0.396 e. The second-order valence-corrected chi connectivity index (χ2v) is 13.9. The molecule has 4 fully saturated rings. The van der Waals surface area contributed by atoms with Crippen LogP contribution in [0.5, 0.6) is 0 Å². The van der Waals surface area contributed by atoms with Crippen molar-refractivity contribution in [3.8, 4) is 0 Å². The van der Waals surface area contributed by atoms with Gasteiger partial charge < -0.3 is 15.3 Å². The summed E-state index contributed by atoms with van der Waals surface area (Å²) in [5, 5.41) is 30.6. The van der Waals surface area contributed by atoms with Crippen molar-refractivity contribution in [3.05, 3.63) is 0 Å². The zero-order valence-corrected chi connectivity index (χ0v) is 21.7. The average molecular weight is 449 g/mol. The predicted octanol–water partition coefficient (Wildman–Crippen LogP) is 6.34. The lowest BCUT2D eigenvalue weighted by Gasteiger charge is -2.62. The summed E-state index contributed by atoms with van der Waals surface area (Å²) in [6.07, 6.45) is 14.9. The first kappa shape index (κ1) is 25.0. The molecule has 3 N–H and O–H groups in total. The minimum absolute atomic E-state index is 0.175. The van der Waals surface area contributed by atoms with Crippen LogP contribution in [-0.4, -0.2) is 33.1 Å². The summed E-state index contributed by atoms with van der Waals surface area (Å²) in [5.74, 6) is 4.81. The fourth-order valence-electron chi connectivity index (χ4n) is 9.73. The van der Waals surface area contributed by atoms with Crippen LogP contribution in [0.3, 0.4) is 0 Å². The molecule has 4 aliphatic rings. The summed E-state index contributed by atoms with van der Waals surface area (Å²) in [4.78, 5) is 0. The van der Waals surface area contributed by atoms with Gasteiger partial charge in [0, 0.05) is 6.61 Å². The van der Waals surface area contributed by atoms with Crippen molar-refractivity contribution in [1.29, 1.82) is 0 Å². The van der Waals surface area contributed by atoms with Gasteiger partial charge in [-0.05, 0) is 144 Å². The Morgan fingerprint density at radius 1 is 0.906 bits per heavy atom. The van der Waals surface area contributed by atoms with E-state index in [2.05, 4.69) is 27.7 Å². The molecule has 0 unspecified atom stereocenters. The van der Waals surface area contributed by atoms with E-state index in [1.807, 2.05) is 6.92 Å². The van der Waals surface area contributed by atoms with Crippen LogP contribution in [0, 0.1) is 46.3 Å². The number of aliphatic hydroxyl groups is 3. The normalized spacial score (nSPS) is 48.9. The molecular weight excluding hydrogens is 396 g/mol. The largest absolute Gasteiger partial charge is 0.396 e. The molecule has 10 atom stereocenters. The molecular formula is C29H52O3. The highest BCUT2D eigenvalue weighted by Gasteiger charge is 2.61. The summed E-state index contributed by atoms with van der Waals surface area (Å²) >= 11 is 0. The Balaban J connectivity index is 1.43. The maximum atomic E-state index is 10.7. The van der Waals surface area contributed by atoms with E-state index >= 15 is 0 Å². The van der Waals surface area contributed by atoms with Gasteiger partial charge in [0.15, 0.2) is 0 Å². The Bertz CT molecular complexity index is 657. The summed E-state index contributed by atoms with van der Waals surface area (Å²) in [6.45, 7) is 11.9. The van der Waals surface area contributed by atoms with E-state index in [4.69, 9.17) is 5.11 Å². The van der Waals surface area contributed by atoms with Crippen LogP contribution in [0.4, 0.5) is 0 Å². The molecule has 0 spiro atoms.